The number of thioether (sulfide) groups is 1. The van der Waals surface area contributed by atoms with Crippen LogP contribution in [0.5, 0.6) is 0 Å². The molecule has 7 heteroatoms. The van der Waals surface area contributed by atoms with Crippen LogP contribution >= 0.6 is 11.8 Å². The molecule has 0 bridgehead atoms. The molecule has 0 aliphatic carbocycles. The van der Waals surface area contributed by atoms with Gasteiger partial charge in [0, 0.05) is 24.6 Å². The van der Waals surface area contributed by atoms with Gasteiger partial charge in [-0.15, -0.1) is 0 Å². The maximum absolute atomic E-state index is 12.5. The van der Waals surface area contributed by atoms with Gasteiger partial charge in [-0.05, 0) is 24.1 Å². The van der Waals surface area contributed by atoms with Crippen LogP contribution in [0.25, 0.3) is 0 Å². The van der Waals surface area contributed by atoms with E-state index in [0.717, 1.165) is 11.5 Å². The van der Waals surface area contributed by atoms with E-state index in [-0.39, 0.29) is 10.5 Å². The zero-order valence-corrected chi connectivity index (χ0v) is 12.1. The molecular weight excluding hydrogens is 286 g/mol. The maximum atomic E-state index is 12.5. The number of aryl methyl sites for hydroxylation is 1. The van der Waals surface area contributed by atoms with Gasteiger partial charge < -0.3 is 9.90 Å². The highest BCUT2D eigenvalue weighted by Crippen LogP contribution is 2.23. The van der Waals surface area contributed by atoms with Crippen LogP contribution in [0, 0.1) is 6.92 Å². The molecule has 0 atom stereocenters. The van der Waals surface area contributed by atoms with E-state index in [2.05, 4.69) is 0 Å². The lowest BCUT2D eigenvalue weighted by molar-refractivity contribution is -0.255. The summed E-state index contributed by atoms with van der Waals surface area (Å²) in [5.74, 6) is 0.155. The number of carboxylic acid groups (broad SMARTS) is 1. The van der Waals surface area contributed by atoms with Crippen LogP contribution in [0.15, 0.2) is 23.1 Å². The minimum absolute atomic E-state index is 0.0566. The van der Waals surface area contributed by atoms with Crippen molar-refractivity contribution in [1.29, 1.82) is 0 Å². The lowest BCUT2D eigenvalue weighted by Crippen LogP contribution is -2.38. The van der Waals surface area contributed by atoms with E-state index in [1.807, 2.05) is 0 Å². The van der Waals surface area contributed by atoms with Crippen LogP contribution in [-0.4, -0.2) is 43.3 Å². The van der Waals surface area contributed by atoms with Crippen molar-refractivity contribution in [1.82, 2.24) is 4.31 Å². The predicted molar refractivity (Wildman–Crippen MR) is 71.6 cm³/mol. The van der Waals surface area contributed by atoms with Gasteiger partial charge in [0.2, 0.25) is 10.0 Å². The van der Waals surface area contributed by atoms with Crippen LogP contribution in [-0.2, 0) is 10.0 Å². The summed E-state index contributed by atoms with van der Waals surface area (Å²) in [7, 11) is -3.62. The van der Waals surface area contributed by atoms with Crippen LogP contribution in [0.3, 0.4) is 0 Å². The Labute approximate surface area is 116 Å². The number of sulfonamides is 1. The molecule has 0 aromatic heterocycles. The van der Waals surface area contributed by atoms with Gasteiger partial charge in [-0.25, -0.2) is 8.42 Å². The second-order valence-corrected chi connectivity index (χ2v) is 7.42. The highest BCUT2D eigenvalue weighted by Gasteiger charge is 2.27. The van der Waals surface area contributed by atoms with Gasteiger partial charge >= 0.3 is 0 Å². The first-order valence-corrected chi connectivity index (χ1v) is 8.42. The first-order chi connectivity index (χ1) is 8.93. The Morgan fingerprint density at radius 3 is 2.53 bits per heavy atom. The molecule has 0 amide bonds. The molecule has 1 saturated heterocycles. The molecule has 1 aliphatic heterocycles. The molecular formula is C12H14NO4S2-. The summed E-state index contributed by atoms with van der Waals surface area (Å²) in [6.07, 6.45) is 0. The number of hydrogen-bond acceptors (Lipinski definition) is 5. The summed E-state index contributed by atoms with van der Waals surface area (Å²) in [6, 6.07) is 4.04. The molecule has 1 fully saturated rings. The molecule has 19 heavy (non-hydrogen) atoms. The molecule has 104 valence electrons. The smallest absolute Gasteiger partial charge is 0.243 e. The molecule has 1 aromatic carbocycles. The summed E-state index contributed by atoms with van der Waals surface area (Å²) in [4.78, 5) is 10.9. The number of nitrogens with zero attached hydrogens (tertiary/aromatic N) is 1. The summed E-state index contributed by atoms with van der Waals surface area (Å²) >= 11 is 1.71. The van der Waals surface area contributed by atoms with Crippen molar-refractivity contribution in [2.24, 2.45) is 0 Å². The third kappa shape index (κ3) is 2.93. The number of benzene rings is 1. The summed E-state index contributed by atoms with van der Waals surface area (Å²) in [5.41, 5.74) is 0.429. The van der Waals surface area contributed by atoms with Gasteiger partial charge in [-0.3, -0.25) is 0 Å². The Hall–Kier alpha value is -1.05. The quantitative estimate of drug-likeness (QED) is 0.791. The lowest BCUT2D eigenvalue weighted by atomic mass is 10.1. The highest BCUT2D eigenvalue weighted by atomic mass is 32.2. The second kappa shape index (κ2) is 5.52. The Balaban J connectivity index is 2.44. The standard InChI is InChI=1S/C12H15NO4S2/c1-9-2-3-10(12(14)15)8-11(9)19(16,17)13-4-6-18-7-5-13/h2-3,8H,4-7H2,1H3,(H,14,15)/p-1. The highest BCUT2D eigenvalue weighted by molar-refractivity contribution is 7.99. The van der Waals surface area contributed by atoms with Crippen molar-refractivity contribution in [3.8, 4) is 0 Å². The predicted octanol–water partition coefficient (Wildman–Crippen LogP) is 0.0960. The SMILES string of the molecule is Cc1ccc(C(=O)[O-])cc1S(=O)(=O)N1CCSCC1. The van der Waals surface area contributed by atoms with Gasteiger partial charge in [0.05, 0.1) is 10.9 Å². The summed E-state index contributed by atoms with van der Waals surface area (Å²) < 4.78 is 26.4. The third-order valence-electron chi connectivity index (χ3n) is 3.01. The molecule has 5 nitrogen and oxygen atoms in total. The topological polar surface area (TPSA) is 77.5 Å². The minimum Gasteiger partial charge on any atom is -0.545 e. The fourth-order valence-electron chi connectivity index (χ4n) is 1.93. The molecule has 0 spiro atoms. The molecule has 1 aromatic rings. The Kier molecular flexibility index (Phi) is 4.17. The zero-order chi connectivity index (χ0) is 14.0. The van der Waals surface area contributed by atoms with E-state index in [9.17, 15) is 18.3 Å². The molecule has 0 radical (unpaired) electrons. The van der Waals surface area contributed by atoms with Crippen molar-refractivity contribution in [3.63, 3.8) is 0 Å². The fraction of sp³-hybridized carbons (Fsp3) is 0.417. The van der Waals surface area contributed by atoms with Gasteiger partial charge in [0.1, 0.15) is 0 Å². The Bertz CT molecular complexity index is 592. The first-order valence-electron chi connectivity index (χ1n) is 5.83. The van der Waals surface area contributed by atoms with Gasteiger partial charge in [0.15, 0.2) is 0 Å². The fourth-order valence-corrected chi connectivity index (χ4v) is 4.76. The average molecular weight is 300 g/mol. The van der Waals surface area contributed by atoms with Gasteiger partial charge in [-0.1, -0.05) is 12.1 Å². The normalized spacial score (nSPS) is 17.3. The molecule has 1 aliphatic rings. The maximum Gasteiger partial charge on any atom is 0.243 e. The molecule has 1 heterocycles. The van der Waals surface area contributed by atoms with Gasteiger partial charge in [0.25, 0.3) is 0 Å². The molecule has 0 N–H and O–H groups in total. The van der Waals surface area contributed by atoms with Crippen molar-refractivity contribution >= 4 is 27.8 Å². The number of hydrogen-bond donors (Lipinski definition) is 0. The number of aromatic carboxylic acids is 1. The van der Waals surface area contributed by atoms with Crippen molar-refractivity contribution in [2.45, 2.75) is 11.8 Å². The molecule has 2 rings (SSSR count). The number of rotatable bonds is 3. The molecule has 0 saturated carbocycles. The van der Waals surface area contributed by atoms with E-state index in [1.54, 1.807) is 18.7 Å². The van der Waals surface area contributed by atoms with E-state index in [4.69, 9.17) is 0 Å². The van der Waals surface area contributed by atoms with Crippen LogP contribution < -0.4 is 5.11 Å². The zero-order valence-electron chi connectivity index (χ0n) is 10.5. The first kappa shape index (κ1) is 14.4. The van der Waals surface area contributed by atoms with Crippen LogP contribution in [0.1, 0.15) is 15.9 Å². The van der Waals surface area contributed by atoms with E-state index < -0.39 is 16.0 Å². The largest absolute Gasteiger partial charge is 0.545 e. The summed E-state index contributed by atoms with van der Waals surface area (Å²) in [6.45, 7) is 2.58. The number of carbonyl (C=O) groups is 1. The van der Waals surface area contributed by atoms with E-state index in [1.165, 1.54) is 22.5 Å². The number of carboxylic acids is 1. The molecule has 0 unspecified atom stereocenters. The van der Waals surface area contributed by atoms with Crippen molar-refractivity contribution < 1.29 is 18.3 Å². The minimum atomic E-state index is -3.62. The monoisotopic (exact) mass is 300 g/mol. The van der Waals surface area contributed by atoms with Crippen molar-refractivity contribution in [3.05, 3.63) is 29.3 Å². The van der Waals surface area contributed by atoms with E-state index >= 15 is 0 Å². The van der Waals surface area contributed by atoms with Crippen molar-refractivity contribution in [2.75, 3.05) is 24.6 Å². The Morgan fingerprint density at radius 1 is 1.32 bits per heavy atom. The second-order valence-electron chi connectivity index (χ2n) is 4.28. The Morgan fingerprint density at radius 2 is 1.95 bits per heavy atom. The average Bonchev–Trinajstić information content (AvgIpc) is 2.39. The summed E-state index contributed by atoms with van der Waals surface area (Å²) in [5, 5.41) is 10.8. The lowest BCUT2D eigenvalue weighted by Gasteiger charge is -2.26. The number of carbonyl (C=O) groups excluding carboxylic acids is 1. The van der Waals surface area contributed by atoms with E-state index in [0.29, 0.717) is 18.7 Å². The van der Waals surface area contributed by atoms with Gasteiger partial charge in [-0.2, -0.15) is 16.1 Å². The van der Waals surface area contributed by atoms with Crippen LogP contribution in [0.2, 0.25) is 0 Å². The third-order valence-corrected chi connectivity index (χ3v) is 5.99. The van der Waals surface area contributed by atoms with Crippen LogP contribution in [0.4, 0.5) is 0 Å².